The molecule has 16 heavy (non-hydrogen) atoms. The van der Waals surface area contributed by atoms with Gasteiger partial charge in [-0.25, -0.2) is 0 Å². The molecule has 1 nitrogen and oxygen atoms in total. The second kappa shape index (κ2) is 6.78. The summed E-state index contributed by atoms with van der Waals surface area (Å²) in [7, 11) is 0. The molecule has 2 unspecified atom stereocenters. The first-order valence-corrected chi connectivity index (χ1v) is 6.77. The van der Waals surface area contributed by atoms with E-state index < -0.39 is 0 Å². The Morgan fingerprint density at radius 1 is 1.31 bits per heavy atom. The standard InChI is InChI=1S/C15H27N/c1-5-10-15(13(3)6-2)14(4)16-11-8-7-9-12-16/h6,13,15H,2,4-5,7-12H2,1,3H3. The van der Waals surface area contributed by atoms with Gasteiger partial charge < -0.3 is 4.90 Å². The average Bonchev–Trinajstić information content (AvgIpc) is 2.35. The first-order chi connectivity index (χ1) is 7.70. The van der Waals surface area contributed by atoms with Crippen LogP contribution in [0.15, 0.2) is 24.9 Å². The van der Waals surface area contributed by atoms with Gasteiger partial charge in [0.25, 0.3) is 0 Å². The Labute approximate surface area is 101 Å². The number of allylic oxidation sites excluding steroid dienone is 2. The van der Waals surface area contributed by atoms with Crippen molar-refractivity contribution in [2.75, 3.05) is 13.1 Å². The second-order valence-electron chi connectivity index (χ2n) is 5.03. The molecule has 2 atom stereocenters. The Kier molecular flexibility index (Phi) is 5.65. The number of hydrogen-bond donors (Lipinski definition) is 0. The lowest BCUT2D eigenvalue weighted by atomic mass is 9.86. The largest absolute Gasteiger partial charge is 0.375 e. The fourth-order valence-corrected chi connectivity index (χ4v) is 2.62. The highest BCUT2D eigenvalue weighted by molar-refractivity contribution is 5.05. The normalized spacial score (nSPS) is 20.2. The van der Waals surface area contributed by atoms with Gasteiger partial charge in [0, 0.05) is 24.7 Å². The van der Waals surface area contributed by atoms with Crippen LogP contribution < -0.4 is 0 Å². The van der Waals surface area contributed by atoms with Crippen molar-refractivity contribution in [3.8, 4) is 0 Å². The molecule has 0 spiro atoms. The molecule has 1 heterocycles. The highest BCUT2D eigenvalue weighted by Gasteiger charge is 2.22. The minimum atomic E-state index is 0.550. The number of nitrogens with zero attached hydrogens (tertiary/aromatic N) is 1. The fourth-order valence-electron chi connectivity index (χ4n) is 2.62. The summed E-state index contributed by atoms with van der Waals surface area (Å²) in [6.45, 7) is 15.2. The van der Waals surface area contributed by atoms with Gasteiger partial charge in [-0.3, -0.25) is 0 Å². The van der Waals surface area contributed by atoms with E-state index in [0.29, 0.717) is 11.8 Å². The van der Waals surface area contributed by atoms with Crippen LogP contribution in [-0.2, 0) is 0 Å². The van der Waals surface area contributed by atoms with Gasteiger partial charge in [0.15, 0.2) is 0 Å². The van der Waals surface area contributed by atoms with Crippen molar-refractivity contribution >= 4 is 0 Å². The van der Waals surface area contributed by atoms with Crippen LogP contribution >= 0.6 is 0 Å². The molecule has 0 aromatic heterocycles. The molecule has 1 fully saturated rings. The number of hydrogen-bond acceptors (Lipinski definition) is 1. The summed E-state index contributed by atoms with van der Waals surface area (Å²) in [5.74, 6) is 1.15. The SMILES string of the molecule is C=CC(C)C(CCC)C(=C)N1CCCCC1. The molecule has 0 aromatic carbocycles. The summed E-state index contributed by atoms with van der Waals surface area (Å²) in [6.07, 6.45) is 8.60. The molecule has 0 N–H and O–H groups in total. The number of rotatable bonds is 6. The molecule has 1 saturated heterocycles. The van der Waals surface area contributed by atoms with Gasteiger partial charge in [0.05, 0.1) is 0 Å². The van der Waals surface area contributed by atoms with Crippen LogP contribution in [0.2, 0.25) is 0 Å². The Morgan fingerprint density at radius 3 is 2.44 bits per heavy atom. The zero-order valence-electron chi connectivity index (χ0n) is 11.0. The summed E-state index contributed by atoms with van der Waals surface area (Å²) < 4.78 is 0. The van der Waals surface area contributed by atoms with Crippen molar-refractivity contribution in [1.82, 2.24) is 4.90 Å². The minimum absolute atomic E-state index is 0.550. The van der Waals surface area contributed by atoms with Crippen molar-refractivity contribution in [1.29, 1.82) is 0 Å². The molecule has 0 bridgehead atoms. The zero-order valence-corrected chi connectivity index (χ0v) is 11.0. The number of likely N-dealkylation sites (tertiary alicyclic amines) is 1. The highest BCUT2D eigenvalue weighted by Crippen LogP contribution is 2.29. The molecule has 0 aromatic rings. The van der Waals surface area contributed by atoms with Gasteiger partial charge in [-0.15, -0.1) is 6.58 Å². The average molecular weight is 221 g/mol. The first kappa shape index (κ1) is 13.3. The summed E-state index contributed by atoms with van der Waals surface area (Å²) in [5, 5.41) is 0. The lowest BCUT2D eigenvalue weighted by molar-refractivity contribution is 0.236. The van der Waals surface area contributed by atoms with Crippen LogP contribution in [0.1, 0.15) is 46.0 Å². The summed E-state index contributed by atoms with van der Waals surface area (Å²) >= 11 is 0. The van der Waals surface area contributed by atoms with Crippen molar-refractivity contribution in [3.05, 3.63) is 24.9 Å². The predicted octanol–water partition coefficient (Wildman–Crippen LogP) is 4.22. The van der Waals surface area contributed by atoms with E-state index in [1.165, 1.54) is 50.9 Å². The quantitative estimate of drug-likeness (QED) is 0.607. The summed E-state index contributed by atoms with van der Waals surface area (Å²) in [5.41, 5.74) is 1.36. The molecule has 0 saturated carbocycles. The lowest BCUT2D eigenvalue weighted by Gasteiger charge is -2.36. The van der Waals surface area contributed by atoms with E-state index in [9.17, 15) is 0 Å². The van der Waals surface area contributed by atoms with Gasteiger partial charge >= 0.3 is 0 Å². The van der Waals surface area contributed by atoms with Crippen molar-refractivity contribution in [3.63, 3.8) is 0 Å². The Balaban J connectivity index is 2.61. The second-order valence-corrected chi connectivity index (χ2v) is 5.03. The Morgan fingerprint density at radius 2 is 1.94 bits per heavy atom. The maximum Gasteiger partial charge on any atom is 0.0174 e. The molecule has 1 aliphatic heterocycles. The third kappa shape index (κ3) is 3.40. The van der Waals surface area contributed by atoms with Crippen LogP contribution in [0.5, 0.6) is 0 Å². The fraction of sp³-hybridized carbons (Fsp3) is 0.733. The Bertz CT molecular complexity index is 226. The van der Waals surface area contributed by atoms with E-state index in [2.05, 4.69) is 38.0 Å². The monoisotopic (exact) mass is 221 g/mol. The maximum absolute atomic E-state index is 4.34. The van der Waals surface area contributed by atoms with E-state index in [0.717, 1.165) is 0 Å². The molecule has 0 aliphatic carbocycles. The van der Waals surface area contributed by atoms with Crippen molar-refractivity contribution in [2.24, 2.45) is 11.8 Å². The highest BCUT2D eigenvalue weighted by atomic mass is 15.1. The van der Waals surface area contributed by atoms with Crippen LogP contribution in [0, 0.1) is 11.8 Å². The molecular weight excluding hydrogens is 194 g/mol. The summed E-state index contributed by atoms with van der Waals surface area (Å²) in [6, 6.07) is 0. The minimum Gasteiger partial charge on any atom is -0.375 e. The van der Waals surface area contributed by atoms with E-state index in [4.69, 9.17) is 0 Å². The van der Waals surface area contributed by atoms with E-state index in [1.807, 2.05) is 0 Å². The lowest BCUT2D eigenvalue weighted by Crippen LogP contribution is -2.33. The van der Waals surface area contributed by atoms with E-state index in [-0.39, 0.29) is 0 Å². The molecule has 1 aliphatic rings. The van der Waals surface area contributed by atoms with Crippen LogP contribution in [-0.4, -0.2) is 18.0 Å². The molecule has 0 radical (unpaired) electrons. The third-order valence-electron chi connectivity index (χ3n) is 3.80. The first-order valence-electron chi connectivity index (χ1n) is 6.77. The topological polar surface area (TPSA) is 3.24 Å². The van der Waals surface area contributed by atoms with Gasteiger partial charge in [-0.05, 0) is 31.6 Å². The van der Waals surface area contributed by atoms with Crippen LogP contribution in [0.4, 0.5) is 0 Å². The molecule has 1 heteroatoms. The van der Waals surface area contributed by atoms with Gasteiger partial charge in [0.1, 0.15) is 0 Å². The van der Waals surface area contributed by atoms with Gasteiger partial charge in [-0.1, -0.05) is 32.9 Å². The molecule has 0 amide bonds. The van der Waals surface area contributed by atoms with Crippen LogP contribution in [0.3, 0.4) is 0 Å². The molecular formula is C15H27N. The van der Waals surface area contributed by atoms with Crippen LogP contribution in [0.25, 0.3) is 0 Å². The maximum atomic E-state index is 4.34. The zero-order chi connectivity index (χ0) is 12.0. The van der Waals surface area contributed by atoms with Crippen molar-refractivity contribution < 1.29 is 0 Å². The van der Waals surface area contributed by atoms with E-state index >= 15 is 0 Å². The number of piperidine rings is 1. The van der Waals surface area contributed by atoms with E-state index in [1.54, 1.807) is 0 Å². The Hall–Kier alpha value is -0.720. The molecule has 1 rings (SSSR count). The smallest absolute Gasteiger partial charge is 0.0174 e. The third-order valence-corrected chi connectivity index (χ3v) is 3.80. The summed E-state index contributed by atoms with van der Waals surface area (Å²) in [4.78, 5) is 2.50. The van der Waals surface area contributed by atoms with Gasteiger partial charge in [-0.2, -0.15) is 0 Å². The van der Waals surface area contributed by atoms with Gasteiger partial charge in [0.2, 0.25) is 0 Å². The molecule has 92 valence electrons. The van der Waals surface area contributed by atoms with Crippen molar-refractivity contribution in [2.45, 2.75) is 46.0 Å². The predicted molar refractivity (Wildman–Crippen MR) is 72.3 cm³/mol.